The molecule has 0 saturated carbocycles. The summed E-state index contributed by atoms with van der Waals surface area (Å²) in [5, 5.41) is 12.4. The first-order chi connectivity index (χ1) is 10.2. The summed E-state index contributed by atoms with van der Waals surface area (Å²) in [6, 6.07) is 8.01. The van der Waals surface area contributed by atoms with Gasteiger partial charge in [0.1, 0.15) is 6.07 Å². The number of nitrogens with one attached hydrogen (secondary N) is 1. The Balaban J connectivity index is 2.09. The van der Waals surface area contributed by atoms with E-state index in [9.17, 15) is 10.1 Å². The summed E-state index contributed by atoms with van der Waals surface area (Å²) in [5.41, 5.74) is 2.49. The van der Waals surface area contributed by atoms with Gasteiger partial charge in [0.2, 0.25) is 5.91 Å². The van der Waals surface area contributed by atoms with Crippen LogP contribution in [0.3, 0.4) is 0 Å². The Morgan fingerprint density at radius 3 is 2.76 bits per heavy atom. The molecule has 1 amide bonds. The van der Waals surface area contributed by atoms with E-state index < -0.39 is 0 Å². The second-order valence-electron chi connectivity index (χ2n) is 5.44. The first kappa shape index (κ1) is 15.3. The molecule has 112 valence electrons. The lowest BCUT2D eigenvalue weighted by Gasteiger charge is -2.23. The maximum absolute atomic E-state index is 12.2. The number of hydrogen-bond acceptors (Lipinski definition) is 4. The zero-order valence-corrected chi connectivity index (χ0v) is 12.7. The van der Waals surface area contributed by atoms with Crippen molar-refractivity contribution >= 4 is 11.6 Å². The highest BCUT2D eigenvalue weighted by Crippen LogP contribution is 2.21. The molecule has 2 rings (SSSR count). The molecule has 0 unspecified atom stereocenters. The van der Waals surface area contributed by atoms with Gasteiger partial charge in [-0.1, -0.05) is 6.07 Å². The highest BCUT2D eigenvalue weighted by molar-refractivity contribution is 5.82. The van der Waals surface area contributed by atoms with Crippen LogP contribution in [0, 0.1) is 11.3 Å². The maximum Gasteiger partial charge on any atom is 0.242 e. The lowest BCUT2D eigenvalue weighted by atomic mass is 10.1. The quantitative estimate of drug-likeness (QED) is 0.887. The van der Waals surface area contributed by atoms with Crippen LogP contribution in [0.2, 0.25) is 0 Å². The van der Waals surface area contributed by atoms with Gasteiger partial charge in [-0.25, -0.2) is 0 Å². The van der Waals surface area contributed by atoms with Gasteiger partial charge in [-0.3, -0.25) is 4.79 Å². The van der Waals surface area contributed by atoms with Crippen molar-refractivity contribution in [2.24, 2.45) is 0 Å². The summed E-state index contributed by atoms with van der Waals surface area (Å²) in [7, 11) is 3.74. The number of likely N-dealkylation sites (N-methyl/N-ethyl adjacent to an activating group) is 1. The van der Waals surface area contributed by atoms with Crippen LogP contribution in [-0.2, 0) is 11.3 Å². The maximum atomic E-state index is 12.2. The second kappa shape index (κ2) is 7.09. The predicted molar refractivity (Wildman–Crippen MR) is 83.0 cm³/mol. The monoisotopic (exact) mass is 286 g/mol. The molecule has 0 bridgehead atoms. The Morgan fingerprint density at radius 2 is 2.14 bits per heavy atom. The third-order valence-electron chi connectivity index (χ3n) is 3.80. The van der Waals surface area contributed by atoms with Gasteiger partial charge in [0, 0.05) is 26.7 Å². The van der Waals surface area contributed by atoms with Crippen LogP contribution < -0.4 is 10.2 Å². The lowest BCUT2D eigenvalue weighted by molar-refractivity contribution is -0.128. The van der Waals surface area contributed by atoms with Crippen LogP contribution in [0.5, 0.6) is 0 Å². The topological polar surface area (TPSA) is 59.4 Å². The zero-order valence-electron chi connectivity index (χ0n) is 12.7. The zero-order chi connectivity index (χ0) is 15.2. The van der Waals surface area contributed by atoms with Crippen molar-refractivity contribution in [2.45, 2.75) is 19.4 Å². The average Bonchev–Trinajstić information content (AvgIpc) is 3.01. The van der Waals surface area contributed by atoms with E-state index in [4.69, 9.17) is 0 Å². The van der Waals surface area contributed by atoms with E-state index in [0.717, 1.165) is 43.7 Å². The van der Waals surface area contributed by atoms with Crippen LogP contribution in [-0.4, -0.2) is 44.5 Å². The number of anilines is 1. The SMILES string of the molecule is CNCc1ccc(N(C)CC(=O)N2CCCC2)c(C#N)c1. The molecule has 1 aromatic carbocycles. The predicted octanol–water partition coefficient (Wildman–Crippen LogP) is 1.34. The number of hydrogen-bond donors (Lipinski definition) is 1. The molecule has 0 radical (unpaired) electrons. The number of likely N-dealkylation sites (tertiary alicyclic amines) is 1. The molecule has 0 aromatic heterocycles. The standard InChI is InChI=1S/C16H22N4O/c1-18-11-13-5-6-15(14(9-13)10-17)19(2)12-16(21)20-7-3-4-8-20/h5-6,9,18H,3-4,7-8,11-12H2,1-2H3. The molecule has 0 spiro atoms. The molecule has 0 atom stereocenters. The normalized spacial score (nSPS) is 14.0. The Labute approximate surface area is 126 Å². The molecule has 1 fully saturated rings. The summed E-state index contributed by atoms with van der Waals surface area (Å²) in [6.45, 7) is 2.77. The number of rotatable bonds is 5. The van der Waals surface area contributed by atoms with Crippen LogP contribution in [0.1, 0.15) is 24.0 Å². The van der Waals surface area contributed by atoms with Gasteiger partial charge in [-0.2, -0.15) is 5.26 Å². The molecule has 5 nitrogen and oxygen atoms in total. The molecule has 1 aliphatic heterocycles. The summed E-state index contributed by atoms with van der Waals surface area (Å²) >= 11 is 0. The van der Waals surface area contributed by atoms with Crippen molar-refractivity contribution in [3.63, 3.8) is 0 Å². The van der Waals surface area contributed by atoms with E-state index in [1.165, 1.54) is 0 Å². The van der Waals surface area contributed by atoms with Crippen LogP contribution in [0.4, 0.5) is 5.69 Å². The molecule has 0 aliphatic carbocycles. The van der Waals surface area contributed by atoms with Gasteiger partial charge < -0.3 is 15.1 Å². The fourth-order valence-corrected chi connectivity index (χ4v) is 2.67. The second-order valence-corrected chi connectivity index (χ2v) is 5.44. The van der Waals surface area contributed by atoms with Gasteiger partial charge in [-0.05, 0) is 37.6 Å². The third kappa shape index (κ3) is 3.73. The van der Waals surface area contributed by atoms with Crippen molar-refractivity contribution in [1.29, 1.82) is 5.26 Å². The Bertz CT molecular complexity index is 544. The molecular weight excluding hydrogens is 264 g/mol. The van der Waals surface area contributed by atoms with Gasteiger partial charge in [0.15, 0.2) is 0 Å². The van der Waals surface area contributed by atoms with Gasteiger partial charge in [-0.15, -0.1) is 0 Å². The summed E-state index contributed by atoms with van der Waals surface area (Å²) in [4.78, 5) is 16.0. The number of carbonyl (C=O) groups is 1. The van der Waals surface area contributed by atoms with Crippen molar-refractivity contribution in [2.75, 3.05) is 38.6 Å². The van der Waals surface area contributed by atoms with E-state index in [1.807, 2.05) is 42.1 Å². The van der Waals surface area contributed by atoms with Gasteiger partial charge in [0.05, 0.1) is 17.8 Å². The first-order valence-electron chi connectivity index (χ1n) is 7.32. The Kier molecular flexibility index (Phi) is 5.18. The van der Waals surface area contributed by atoms with E-state index in [0.29, 0.717) is 12.1 Å². The molecule has 21 heavy (non-hydrogen) atoms. The van der Waals surface area contributed by atoms with E-state index >= 15 is 0 Å². The highest BCUT2D eigenvalue weighted by Gasteiger charge is 2.20. The smallest absolute Gasteiger partial charge is 0.242 e. The molecular formula is C16H22N4O. The fourth-order valence-electron chi connectivity index (χ4n) is 2.67. The number of nitriles is 1. The molecule has 1 N–H and O–H groups in total. The molecule has 1 saturated heterocycles. The first-order valence-corrected chi connectivity index (χ1v) is 7.32. The van der Waals surface area contributed by atoms with Crippen molar-refractivity contribution < 1.29 is 4.79 Å². The summed E-state index contributed by atoms with van der Waals surface area (Å²) in [5.74, 6) is 0.137. The van der Waals surface area contributed by atoms with Crippen molar-refractivity contribution in [3.05, 3.63) is 29.3 Å². The molecule has 1 aromatic rings. The van der Waals surface area contributed by atoms with Crippen molar-refractivity contribution in [3.8, 4) is 6.07 Å². The fraction of sp³-hybridized carbons (Fsp3) is 0.500. The average molecular weight is 286 g/mol. The number of benzene rings is 1. The summed E-state index contributed by atoms with van der Waals surface area (Å²) < 4.78 is 0. The minimum Gasteiger partial charge on any atom is -0.364 e. The Morgan fingerprint density at radius 1 is 1.43 bits per heavy atom. The Hall–Kier alpha value is -2.06. The lowest BCUT2D eigenvalue weighted by Crippen LogP contribution is -2.37. The van der Waals surface area contributed by atoms with Crippen molar-refractivity contribution in [1.82, 2.24) is 10.2 Å². The summed E-state index contributed by atoms with van der Waals surface area (Å²) in [6.07, 6.45) is 2.19. The van der Waals surface area contributed by atoms with Gasteiger partial charge >= 0.3 is 0 Å². The van der Waals surface area contributed by atoms with Gasteiger partial charge in [0.25, 0.3) is 0 Å². The van der Waals surface area contributed by atoms with E-state index in [1.54, 1.807) is 0 Å². The molecule has 5 heteroatoms. The minimum atomic E-state index is 0.137. The van der Waals surface area contributed by atoms with Crippen LogP contribution in [0.25, 0.3) is 0 Å². The number of carbonyl (C=O) groups excluding carboxylic acids is 1. The third-order valence-corrected chi connectivity index (χ3v) is 3.80. The van der Waals surface area contributed by atoms with E-state index in [2.05, 4.69) is 11.4 Å². The van der Waals surface area contributed by atoms with Crippen LogP contribution >= 0.6 is 0 Å². The van der Waals surface area contributed by atoms with E-state index in [-0.39, 0.29) is 5.91 Å². The largest absolute Gasteiger partial charge is 0.364 e. The molecule has 1 heterocycles. The molecule has 1 aliphatic rings. The number of amides is 1. The highest BCUT2D eigenvalue weighted by atomic mass is 16.2. The van der Waals surface area contributed by atoms with Crippen LogP contribution in [0.15, 0.2) is 18.2 Å². The minimum absolute atomic E-state index is 0.137. The number of nitrogens with zero attached hydrogens (tertiary/aromatic N) is 3.